The van der Waals surface area contributed by atoms with E-state index in [9.17, 15) is 19.5 Å². The Morgan fingerprint density at radius 2 is 1.52 bits per heavy atom. The zero-order chi connectivity index (χ0) is 24.0. The fourth-order valence-corrected chi connectivity index (χ4v) is 4.14. The maximum absolute atomic E-state index is 12.7. The van der Waals surface area contributed by atoms with Gasteiger partial charge in [0.2, 0.25) is 5.91 Å². The van der Waals surface area contributed by atoms with Crippen LogP contribution in [0.25, 0.3) is 11.1 Å². The number of carboxylic acid groups (broad SMARTS) is 1. The molecule has 0 heterocycles. The molecule has 1 aliphatic carbocycles. The number of nitrogens with one attached hydrogen (secondary N) is 2. The van der Waals surface area contributed by atoms with Crippen molar-refractivity contribution in [3.63, 3.8) is 0 Å². The third kappa shape index (κ3) is 5.90. The van der Waals surface area contributed by atoms with Crippen LogP contribution in [0.3, 0.4) is 0 Å². The van der Waals surface area contributed by atoms with Crippen molar-refractivity contribution in [2.45, 2.75) is 44.7 Å². The minimum atomic E-state index is -1.25. The van der Waals surface area contributed by atoms with Crippen molar-refractivity contribution in [2.75, 3.05) is 13.2 Å². The number of alkyl carbamates (subject to hydrolysis) is 1. The van der Waals surface area contributed by atoms with E-state index >= 15 is 0 Å². The predicted molar refractivity (Wildman–Crippen MR) is 123 cm³/mol. The first-order valence-electron chi connectivity index (χ1n) is 11.1. The molecule has 8 nitrogen and oxygen atoms in total. The lowest BCUT2D eigenvalue weighted by atomic mass is 9.98. The van der Waals surface area contributed by atoms with Gasteiger partial charge < -0.3 is 25.6 Å². The molecule has 0 unspecified atom stereocenters. The van der Waals surface area contributed by atoms with Crippen molar-refractivity contribution in [3.8, 4) is 11.1 Å². The molecule has 2 aromatic carbocycles. The highest BCUT2D eigenvalue weighted by Crippen LogP contribution is 2.44. The highest BCUT2D eigenvalue weighted by atomic mass is 16.5. The molecule has 176 valence electrons. The number of carbonyl (C=O) groups excluding carboxylic acids is 2. The van der Waals surface area contributed by atoms with Crippen LogP contribution in [0, 0.1) is 5.92 Å². The average molecular weight is 455 g/mol. The normalized spacial score (nSPS) is 14.2. The Balaban J connectivity index is 1.66. The standard InChI is InChI=1S/C25H30N2O6/c1-15(2)13-22(23(29)26-21(11-12-28)24(30)31)27-25(32)33-14-20-18-9-5-3-7-16(18)17-8-4-6-10-19(17)20/h3-10,15,20-22,28H,11-14H2,1-2H3,(H,26,29)(H,27,32)(H,30,31)/t21-,22-/m0/s1. The summed E-state index contributed by atoms with van der Waals surface area (Å²) in [6, 6.07) is 13.8. The Morgan fingerprint density at radius 3 is 2.03 bits per heavy atom. The van der Waals surface area contributed by atoms with Gasteiger partial charge in [-0.3, -0.25) is 4.79 Å². The maximum atomic E-state index is 12.7. The Morgan fingerprint density at radius 1 is 0.939 bits per heavy atom. The fraction of sp³-hybridized carbons (Fsp3) is 0.400. The third-order valence-corrected chi connectivity index (χ3v) is 5.69. The number of aliphatic hydroxyl groups is 1. The lowest BCUT2D eigenvalue weighted by molar-refractivity contribution is -0.142. The number of carboxylic acids is 1. The highest BCUT2D eigenvalue weighted by molar-refractivity contribution is 5.89. The smallest absolute Gasteiger partial charge is 0.407 e. The molecule has 2 aromatic rings. The molecular formula is C25H30N2O6. The Labute approximate surface area is 193 Å². The second kappa shape index (κ2) is 11.0. The van der Waals surface area contributed by atoms with Crippen molar-refractivity contribution in [3.05, 3.63) is 59.7 Å². The lowest BCUT2D eigenvalue weighted by Gasteiger charge is -2.23. The molecule has 2 atom stereocenters. The molecule has 1 aliphatic rings. The van der Waals surface area contributed by atoms with E-state index in [0.717, 1.165) is 22.3 Å². The Bertz CT molecular complexity index is 960. The number of hydrogen-bond acceptors (Lipinski definition) is 5. The fourth-order valence-electron chi connectivity index (χ4n) is 4.14. The average Bonchev–Trinajstić information content (AvgIpc) is 3.10. The lowest BCUT2D eigenvalue weighted by Crippen LogP contribution is -2.52. The van der Waals surface area contributed by atoms with Gasteiger partial charge >= 0.3 is 12.1 Å². The van der Waals surface area contributed by atoms with Crippen molar-refractivity contribution in [1.29, 1.82) is 0 Å². The highest BCUT2D eigenvalue weighted by Gasteiger charge is 2.31. The van der Waals surface area contributed by atoms with Gasteiger partial charge in [-0.1, -0.05) is 62.4 Å². The summed E-state index contributed by atoms with van der Waals surface area (Å²) in [5, 5.41) is 23.2. The second-order valence-corrected chi connectivity index (χ2v) is 8.56. The summed E-state index contributed by atoms with van der Waals surface area (Å²) in [5.74, 6) is -1.92. The molecule has 0 saturated carbocycles. The van der Waals surface area contributed by atoms with Gasteiger partial charge in [-0.25, -0.2) is 9.59 Å². The van der Waals surface area contributed by atoms with Gasteiger partial charge in [0.15, 0.2) is 0 Å². The van der Waals surface area contributed by atoms with Crippen LogP contribution in [0.1, 0.15) is 43.7 Å². The monoisotopic (exact) mass is 454 g/mol. The summed E-state index contributed by atoms with van der Waals surface area (Å²) in [6.45, 7) is 3.51. The molecule has 3 rings (SSSR count). The van der Waals surface area contributed by atoms with Gasteiger partial charge in [-0.2, -0.15) is 0 Å². The van der Waals surface area contributed by atoms with Crippen molar-refractivity contribution < 1.29 is 29.3 Å². The van der Waals surface area contributed by atoms with Crippen LogP contribution in [0.15, 0.2) is 48.5 Å². The molecule has 33 heavy (non-hydrogen) atoms. The van der Waals surface area contributed by atoms with E-state index in [4.69, 9.17) is 9.84 Å². The number of ether oxygens (including phenoxy) is 1. The number of amides is 2. The second-order valence-electron chi connectivity index (χ2n) is 8.56. The Kier molecular flexibility index (Phi) is 8.06. The van der Waals surface area contributed by atoms with Crippen LogP contribution in [-0.2, 0) is 14.3 Å². The van der Waals surface area contributed by atoms with Crippen LogP contribution >= 0.6 is 0 Å². The molecule has 0 fully saturated rings. The largest absolute Gasteiger partial charge is 0.480 e. The summed E-state index contributed by atoms with van der Waals surface area (Å²) in [5.41, 5.74) is 4.39. The number of hydrogen-bond donors (Lipinski definition) is 4. The van der Waals surface area contributed by atoms with E-state index in [0.29, 0.717) is 6.42 Å². The van der Waals surface area contributed by atoms with E-state index in [-0.39, 0.29) is 31.5 Å². The number of benzene rings is 2. The van der Waals surface area contributed by atoms with E-state index in [1.54, 1.807) is 0 Å². The number of rotatable bonds is 10. The summed E-state index contributed by atoms with van der Waals surface area (Å²) < 4.78 is 5.52. The first-order chi connectivity index (χ1) is 15.8. The molecule has 2 amide bonds. The zero-order valence-corrected chi connectivity index (χ0v) is 18.8. The van der Waals surface area contributed by atoms with E-state index in [1.165, 1.54) is 0 Å². The summed E-state index contributed by atoms with van der Waals surface area (Å²) in [4.78, 5) is 36.6. The first kappa shape index (κ1) is 24.3. The molecule has 0 radical (unpaired) electrons. The minimum Gasteiger partial charge on any atom is -0.480 e. The number of aliphatic hydroxyl groups excluding tert-OH is 1. The predicted octanol–water partition coefficient (Wildman–Crippen LogP) is 2.89. The van der Waals surface area contributed by atoms with Crippen LogP contribution in [0.4, 0.5) is 4.79 Å². The summed E-state index contributed by atoms with van der Waals surface area (Å²) in [6.07, 6.45) is -0.561. The molecule has 4 N–H and O–H groups in total. The molecule has 0 aromatic heterocycles. The summed E-state index contributed by atoms with van der Waals surface area (Å²) in [7, 11) is 0. The van der Waals surface area contributed by atoms with Crippen LogP contribution in [0.5, 0.6) is 0 Å². The number of fused-ring (bicyclic) bond motifs is 3. The third-order valence-electron chi connectivity index (χ3n) is 5.69. The molecule has 0 saturated heterocycles. The van der Waals surface area contributed by atoms with Gasteiger partial charge in [0.1, 0.15) is 18.7 Å². The summed E-state index contributed by atoms with van der Waals surface area (Å²) >= 11 is 0. The van der Waals surface area contributed by atoms with Crippen molar-refractivity contribution in [2.24, 2.45) is 5.92 Å². The molecule has 8 heteroatoms. The molecular weight excluding hydrogens is 424 g/mol. The van der Waals surface area contributed by atoms with Crippen molar-refractivity contribution in [1.82, 2.24) is 10.6 Å². The van der Waals surface area contributed by atoms with Gasteiger partial charge in [0.25, 0.3) is 0 Å². The van der Waals surface area contributed by atoms with Gasteiger partial charge in [-0.05, 0) is 34.6 Å². The Hall–Kier alpha value is -3.39. The number of aliphatic carboxylic acids is 1. The molecule has 0 bridgehead atoms. The molecule has 0 spiro atoms. The minimum absolute atomic E-state index is 0.0655. The SMILES string of the molecule is CC(C)C[C@H](NC(=O)OCC1c2ccccc2-c2ccccc21)C(=O)N[C@@H](CCO)C(=O)O. The first-order valence-corrected chi connectivity index (χ1v) is 11.1. The zero-order valence-electron chi connectivity index (χ0n) is 18.8. The van der Waals surface area contributed by atoms with Gasteiger partial charge in [-0.15, -0.1) is 0 Å². The number of carbonyl (C=O) groups is 3. The van der Waals surface area contributed by atoms with Crippen LogP contribution in [0.2, 0.25) is 0 Å². The van der Waals surface area contributed by atoms with E-state index in [1.807, 2.05) is 62.4 Å². The van der Waals surface area contributed by atoms with Gasteiger partial charge in [0.05, 0.1) is 0 Å². The molecule has 0 aliphatic heterocycles. The quantitative estimate of drug-likeness (QED) is 0.438. The van der Waals surface area contributed by atoms with Crippen molar-refractivity contribution >= 4 is 18.0 Å². The maximum Gasteiger partial charge on any atom is 0.407 e. The van der Waals surface area contributed by atoms with Crippen LogP contribution < -0.4 is 10.6 Å². The van der Waals surface area contributed by atoms with E-state index in [2.05, 4.69) is 10.6 Å². The van der Waals surface area contributed by atoms with Gasteiger partial charge in [0, 0.05) is 18.9 Å². The van der Waals surface area contributed by atoms with Crippen LogP contribution in [-0.4, -0.2) is 53.5 Å². The topological polar surface area (TPSA) is 125 Å². The van der Waals surface area contributed by atoms with E-state index < -0.39 is 30.1 Å².